The first-order valence-corrected chi connectivity index (χ1v) is 10.3. The van der Waals surface area contributed by atoms with Gasteiger partial charge in [0.1, 0.15) is 11.6 Å². The van der Waals surface area contributed by atoms with Crippen molar-refractivity contribution in [3.8, 4) is 0 Å². The highest BCUT2D eigenvalue weighted by atomic mass is 16.2. The van der Waals surface area contributed by atoms with Gasteiger partial charge in [0, 0.05) is 24.5 Å². The van der Waals surface area contributed by atoms with E-state index in [0.717, 1.165) is 36.5 Å². The van der Waals surface area contributed by atoms with Gasteiger partial charge in [0.25, 0.3) is 5.91 Å². The van der Waals surface area contributed by atoms with Crippen LogP contribution in [0.5, 0.6) is 0 Å². The van der Waals surface area contributed by atoms with Crippen molar-refractivity contribution in [2.45, 2.75) is 63.5 Å². The van der Waals surface area contributed by atoms with Gasteiger partial charge in [-0.15, -0.1) is 0 Å². The van der Waals surface area contributed by atoms with Crippen LogP contribution in [0.15, 0.2) is 24.3 Å². The maximum Gasteiger partial charge on any atom is 0.325 e. The molecule has 4 rings (SSSR count). The topological polar surface area (TPSA) is 81.8 Å². The zero-order valence-corrected chi connectivity index (χ0v) is 16.4. The number of benzene rings is 1. The van der Waals surface area contributed by atoms with Gasteiger partial charge in [-0.2, -0.15) is 0 Å². The molecule has 2 N–H and O–H groups in total. The Labute approximate surface area is 165 Å². The van der Waals surface area contributed by atoms with Gasteiger partial charge < -0.3 is 15.5 Å². The summed E-state index contributed by atoms with van der Waals surface area (Å²) in [5.41, 5.74) is 1.03. The monoisotopic (exact) mass is 384 g/mol. The third-order valence-corrected chi connectivity index (χ3v) is 6.27. The van der Waals surface area contributed by atoms with Crippen LogP contribution in [0.4, 0.5) is 16.2 Å². The third kappa shape index (κ3) is 3.34. The molecule has 0 radical (unpaired) electrons. The average molecular weight is 384 g/mol. The number of nitrogens with one attached hydrogen (secondary N) is 2. The van der Waals surface area contributed by atoms with Crippen LogP contribution in [-0.4, -0.2) is 47.4 Å². The van der Waals surface area contributed by atoms with Gasteiger partial charge in [-0.25, -0.2) is 9.69 Å². The van der Waals surface area contributed by atoms with Gasteiger partial charge in [-0.1, -0.05) is 12.8 Å². The Balaban J connectivity index is 1.40. The standard InChI is InChI=1S/C21H28N4O3/c1-15(25-19(27)21(23-20(25)28)11-3-4-12-21)18(26)22-16-7-9-17(10-8-16)24-13-5-2-6-14-24/h7-10,15H,2-6,11-14H2,1H3,(H,22,26)(H,23,28)/t15-/m0/s1. The molecule has 1 spiro atoms. The number of hydrogen-bond acceptors (Lipinski definition) is 4. The maximum atomic E-state index is 12.8. The van der Waals surface area contributed by atoms with Crippen molar-refractivity contribution in [3.63, 3.8) is 0 Å². The molecule has 1 aliphatic carbocycles. The smallest absolute Gasteiger partial charge is 0.325 e. The molecule has 7 nitrogen and oxygen atoms in total. The number of hydrogen-bond donors (Lipinski definition) is 2. The zero-order chi connectivity index (χ0) is 19.7. The van der Waals surface area contributed by atoms with E-state index in [1.165, 1.54) is 19.3 Å². The van der Waals surface area contributed by atoms with Crippen LogP contribution in [0.25, 0.3) is 0 Å². The Kier molecular flexibility index (Phi) is 5.00. The molecular weight excluding hydrogens is 356 g/mol. The zero-order valence-electron chi connectivity index (χ0n) is 16.4. The Bertz CT molecular complexity index is 764. The molecule has 1 saturated carbocycles. The molecule has 1 aromatic rings. The number of amides is 4. The van der Waals surface area contributed by atoms with E-state index in [4.69, 9.17) is 0 Å². The second-order valence-corrected chi connectivity index (χ2v) is 8.15. The van der Waals surface area contributed by atoms with Crippen LogP contribution < -0.4 is 15.5 Å². The predicted molar refractivity (Wildman–Crippen MR) is 107 cm³/mol. The minimum Gasteiger partial charge on any atom is -0.372 e. The Hall–Kier alpha value is -2.57. The van der Waals surface area contributed by atoms with E-state index >= 15 is 0 Å². The molecule has 0 aromatic heterocycles. The van der Waals surface area contributed by atoms with Crippen LogP contribution in [0.3, 0.4) is 0 Å². The molecule has 3 fully saturated rings. The summed E-state index contributed by atoms with van der Waals surface area (Å²) < 4.78 is 0. The van der Waals surface area contributed by atoms with Crippen molar-refractivity contribution in [2.75, 3.05) is 23.3 Å². The summed E-state index contributed by atoms with van der Waals surface area (Å²) in [6.07, 6.45) is 6.85. The number of piperidine rings is 1. The molecule has 2 saturated heterocycles. The minimum absolute atomic E-state index is 0.266. The minimum atomic E-state index is -0.853. The van der Waals surface area contributed by atoms with E-state index in [9.17, 15) is 14.4 Å². The second kappa shape index (κ2) is 7.45. The van der Waals surface area contributed by atoms with E-state index in [1.807, 2.05) is 24.3 Å². The lowest BCUT2D eigenvalue weighted by Crippen LogP contribution is -2.48. The van der Waals surface area contributed by atoms with Gasteiger partial charge >= 0.3 is 6.03 Å². The number of anilines is 2. The number of imide groups is 1. The fourth-order valence-corrected chi connectivity index (χ4v) is 4.58. The molecule has 2 aliphatic heterocycles. The lowest BCUT2D eigenvalue weighted by atomic mass is 9.97. The van der Waals surface area contributed by atoms with E-state index in [0.29, 0.717) is 18.5 Å². The molecule has 4 amide bonds. The molecule has 3 aliphatic rings. The average Bonchev–Trinajstić information content (AvgIpc) is 3.27. The molecule has 2 heterocycles. The van der Waals surface area contributed by atoms with Gasteiger partial charge in [0.05, 0.1) is 0 Å². The summed E-state index contributed by atoms with van der Waals surface area (Å²) in [4.78, 5) is 41.3. The van der Waals surface area contributed by atoms with Crippen LogP contribution in [0, 0.1) is 0 Å². The first-order valence-electron chi connectivity index (χ1n) is 10.3. The molecule has 28 heavy (non-hydrogen) atoms. The van der Waals surface area contributed by atoms with E-state index in [-0.39, 0.29) is 11.8 Å². The van der Waals surface area contributed by atoms with Crippen LogP contribution in [-0.2, 0) is 9.59 Å². The molecular formula is C21H28N4O3. The van der Waals surface area contributed by atoms with E-state index < -0.39 is 17.6 Å². The second-order valence-electron chi connectivity index (χ2n) is 8.15. The van der Waals surface area contributed by atoms with Crippen LogP contribution >= 0.6 is 0 Å². The van der Waals surface area contributed by atoms with E-state index in [2.05, 4.69) is 15.5 Å². The van der Waals surface area contributed by atoms with Crippen LogP contribution in [0.2, 0.25) is 0 Å². The fraction of sp³-hybridized carbons (Fsp3) is 0.571. The lowest BCUT2D eigenvalue weighted by molar-refractivity contribution is -0.136. The maximum absolute atomic E-state index is 12.8. The van der Waals surface area contributed by atoms with Gasteiger partial charge in [0.15, 0.2) is 0 Å². The molecule has 1 atom stereocenters. The predicted octanol–water partition coefficient (Wildman–Crippen LogP) is 2.87. The molecule has 1 aromatic carbocycles. The number of carbonyl (C=O) groups is 3. The first-order chi connectivity index (χ1) is 13.5. The van der Waals surface area contributed by atoms with Crippen LogP contribution in [0.1, 0.15) is 51.9 Å². The Morgan fingerprint density at radius 3 is 2.32 bits per heavy atom. The number of urea groups is 1. The SMILES string of the molecule is C[C@@H](C(=O)Nc1ccc(N2CCCCC2)cc1)N1C(=O)NC2(CCCC2)C1=O. The molecule has 7 heteroatoms. The van der Waals surface area contributed by atoms with Crippen molar-refractivity contribution < 1.29 is 14.4 Å². The van der Waals surface area contributed by atoms with Crippen molar-refractivity contribution in [1.82, 2.24) is 10.2 Å². The highest BCUT2D eigenvalue weighted by Crippen LogP contribution is 2.35. The number of carbonyl (C=O) groups excluding carboxylic acids is 3. The van der Waals surface area contributed by atoms with Gasteiger partial charge in [0.2, 0.25) is 5.91 Å². The summed E-state index contributed by atoms with van der Waals surface area (Å²) in [5.74, 6) is -0.623. The van der Waals surface area contributed by atoms with Crippen molar-refractivity contribution >= 4 is 29.2 Å². The quantitative estimate of drug-likeness (QED) is 0.782. The first kappa shape index (κ1) is 18.8. The number of rotatable bonds is 4. The summed E-state index contributed by atoms with van der Waals surface area (Å²) in [7, 11) is 0. The lowest BCUT2D eigenvalue weighted by Gasteiger charge is -2.29. The normalized spacial score (nSPS) is 22.5. The third-order valence-electron chi connectivity index (χ3n) is 6.27. The Morgan fingerprint density at radius 2 is 1.68 bits per heavy atom. The Morgan fingerprint density at radius 1 is 1.04 bits per heavy atom. The summed E-state index contributed by atoms with van der Waals surface area (Å²) >= 11 is 0. The summed E-state index contributed by atoms with van der Waals surface area (Å²) in [5, 5.41) is 5.66. The highest BCUT2D eigenvalue weighted by Gasteiger charge is 2.54. The van der Waals surface area contributed by atoms with Crippen molar-refractivity contribution in [1.29, 1.82) is 0 Å². The summed E-state index contributed by atoms with van der Waals surface area (Å²) in [6.45, 7) is 3.73. The molecule has 0 bridgehead atoms. The van der Waals surface area contributed by atoms with Gasteiger partial charge in [-0.05, 0) is 63.3 Å². The highest BCUT2D eigenvalue weighted by molar-refractivity contribution is 6.11. The largest absolute Gasteiger partial charge is 0.372 e. The van der Waals surface area contributed by atoms with Gasteiger partial charge in [-0.3, -0.25) is 9.59 Å². The molecule has 0 unspecified atom stereocenters. The van der Waals surface area contributed by atoms with Crippen molar-refractivity contribution in [2.24, 2.45) is 0 Å². The summed E-state index contributed by atoms with van der Waals surface area (Å²) in [6, 6.07) is 6.45. The van der Waals surface area contributed by atoms with E-state index in [1.54, 1.807) is 6.92 Å². The fourth-order valence-electron chi connectivity index (χ4n) is 4.58. The molecule has 150 valence electrons. The number of nitrogens with zero attached hydrogens (tertiary/aromatic N) is 2. The van der Waals surface area contributed by atoms with Crippen molar-refractivity contribution in [3.05, 3.63) is 24.3 Å².